The summed E-state index contributed by atoms with van der Waals surface area (Å²) >= 11 is 15.8. The minimum absolute atomic E-state index is 0.258. The molecule has 0 aliphatic heterocycles. The van der Waals surface area contributed by atoms with Crippen LogP contribution in [-0.4, -0.2) is 33.7 Å². The number of unbranched alkanes of at least 4 members (excludes halogenated alkanes) is 1. The van der Waals surface area contributed by atoms with Gasteiger partial charge in [-0.25, -0.2) is 9.78 Å². The molecule has 0 aliphatic carbocycles. The van der Waals surface area contributed by atoms with Crippen molar-refractivity contribution in [3.05, 3.63) is 75.3 Å². The zero-order chi connectivity index (χ0) is 23.2. The molecule has 7 nitrogen and oxygen atoms in total. The van der Waals surface area contributed by atoms with Crippen molar-refractivity contribution in [2.24, 2.45) is 0 Å². The average molecular weight is 548 g/mol. The minimum Gasteiger partial charge on any atom is -0.370 e. The van der Waals surface area contributed by atoms with Gasteiger partial charge in [0.2, 0.25) is 0 Å². The van der Waals surface area contributed by atoms with Crippen molar-refractivity contribution in [1.82, 2.24) is 19.9 Å². The summed E-state index contributed by atoms with van der Waals surface area (Å²) in [5, 5.41) is 14.6. The van der Waals surface area contributed by atoms with Gasteiger partial charge in [-0.1, -0.05) is 47.5 Å². The number of carbonyl (C=O) groups excluding carboxylic acids is 1. The summed E-state index contributed by atoms with van der Waals surface area (Å²) in [5.41, 5.74) is 2.97. The standard InChI is InChI=1S/C23H21BrCl2N6O/c24-18-14-29-32-21(13-20(31-22(18)32)17-8-1-2-9-19(17)26)27-10-3-4-11-28-23(33)30-16-7-5-6-15(25)12-16/h1-2,5-9,12-14,27H,3-4,10-11H2,(H2,28,30,33). The van der Waals surface area contributed by atoms with Gasteiger partial charge >= 0.3 is 6.03 Å². The molecular formula is C23H21BrCl2N6O. The summed E-state index contributed by atoms with van der Waals surface area (Å²) in [6.45, 7) is 1.26. The van der Waals surface area contributed by atoms with E-state index in [9.17, 15) is 4.79 Å². The third-order valence-corrected chi connectivity index (χ3v) is 5.98. The Morgan fingerprint density at radius 2 is 1.85 bits per heavy atom. The summed E-state index contributed by atoms with van der Waals surface area (Å²) < 4.78 is 2.55. The molecule has 4 rings (SSSR count). The molecule has 0 saturated heterocycles. The molecule has 33 heavy (non-hydrogen) atoms. The van der Waals surface area contributed by atoms with E-state index in [1.165, 1.54) is 0 Å². The number of benzene rings is 2. The summed E-state index contributed by atoms with van der Waals surface area (Å²) in [6.07, 6.45) is 3.38. The number of aromatic nitrogens is 3. The summed E-state index contributed by atoms with van der Waals surface area (Å²) in [5.74, 6) is 0.812. The molecule has 2 aromatic carbocycles. The number of rotatable bonds is 8. The first-order chi connectivity index (χ1) is 16.0. The molecule has 3 N–H and O–H groups in total. The highest BCUT2D eigenvalue weighted by molar-refractivity contribution is 9.10. The molecule has 0 atom stereocenters. The number of nitrogens with zero attached hydrogens (tertiary/aromatic N) is 3. The molecule has 2 heterocycles. The number of carbonyl (C=O) groups is 1. The Bertz CT molecular complexity index is 1280. The van der Waals surface area contributed by atoms with E-state index in [0.717, 1.165) is 34.4 Å². The van der Waals surface area contributed by atoms with Crippen LogP contribution in [0.3, 0.4) is 0 Å². The highest BCUT2D eigenvalue weighted by Gasteiger charge is 2.13. The summed E-state index contributed by atoms with van der Waals surface area (Å²) in [6, 6.07) is 16.3. The Hall–Kier alpha value is -2.81. The smallest absolute Gasteiger partial charge is 0.319 e. The molecule has 2 amide bonds. The predicted octanol–water partition coefficient (Wildman–Crippen LogP) is 6.48. The Balaban J connectivity index is 1.32. The first kappa shape index (κ1) is 23.4. The predicted molar refractivity (Wildman–Crippen MR) is 137 cm³/mol. The lowest BCUT2D eigenvalue weighted by Gasteiger charge is -2.12. The second-order valence-electron chi connectivity index (χ2n) is 7.26. The van der Waals surface area contributed by atoms with Crippen LogP contribution in [0.25, 0.3) is 16.9 Å². The van der Waals surface area contributed by atoms with Crippen molar-refractivity contribution in [1.29, 1.82) is 0 Å². The SMILES string of the molecule is O=C(NCCCCNc1cc(-c2ccccc2Cl)nc2c(Br)cnn12)Nc1cccc(Cl)c1. The average Bonchev–Trinajstić information content (AvgIpc) is 3.17. The number of fused-ring (bicyclic) bond motifs is 1. The second-order valence-corrected chi connectivity index (χ2v) is 8.96. The van der Waals surface area contributed by atoms with Crippen molar-refractivity contribution in [3.63, 3.8) is 0 Å². The van der Waals surface area contributed by atoms with Crippen LogP contribution in [0.5, 0.6) is 0 Å². The van der Waals surface area contributed by atoms with Crippen LogP contribution in [0.15, 0.2) is 65.3 Å². The van der Waals surface area contributed by atoms with Gasteiger partial charge in [0.05, 0.1) is 16.4 Å². The molecule has 0 radical (unpaired) electrons. The van der Waals surface area contributed by atoms with Gasteiger partial charge in [-0.15, -0.1) is 0 Å². The van der Waals surface area contributed by atoms with E-state index >= 15 is 0 Å². The number of amides is 2. The molecule has 0 saturated carbocycles. The third-order valence-electron chi connectivity index (χ3n) is 4.86. The maximum Gasteiger partial charge on any atom is 0.319 e. The van der Waals surface area contributed by atoms with E-state index in [1.807, 2.05) is 30.3 Å². The lowest BCUT2D eigenvalue weighted by Crippen LogP contribution is -2.29. The fraction of sp³-hybridized carbons (Fsp3) is 0.174. The van der Waals surface area contributed by atoms with Gasteiger partial charge < -0.3 is 16.0 Å². The molecule has 0 spiro atoms. The largest absolute Gasteiger partial charge is 0.370 e. The number of halogens is 3. The van der Waals surface area contributed by atoms with Crippen LogP contribution in [0, 0.1) is 0 Å². The lowest BCUT2D eigenvalue weighted by atomic mass is 10.1. The van der Waals surface area contributed by atoms with Gasteiger partial charge in [0, 0.05) is 40.5 Å². The second kappa shape index (κ2) is 10.9. The molecule has 0 bridgehead atoms. The van der Waals surface area contributed by atoms with E-state index in [2.05, 4.69) is 37.0 Å². The Morgan fingerprint density at radius 1 is 1.03 bits per heavy atom. The fourth-order valence-electron chi connectivity index (χ4n) is 3.28. The topological polar surface area (TPSA) is 83.3 Å². The number of hydrogen-bond donors (Lipinski definition) is 3. The molecule has 10 heteroatoms. The minimum atomic E-state index is -0.258. The van der Waals surface area contributed by atoms with Crippen LogP contribution in [-0.2, 0) is 0 Å². The molecular weight excluding hydrogens is 527 g/mol. The van der Waals surface area contributed by atoms with E-state index in [1.54, 1.807) is 35.0 Å². The van der Waals surface area contributed by atoms with Crippen LogP contribution in [0.4, 0.5) is 16.3 Å². The van der Waals surface area contributed by atoms with Crippen LogP contribution < -0.4 is 16.0 Å². The van der Waals surface area contributed by atoms with Gasteiger partial charge in [-0.05, 0) is 53.0 Å². The highest BCUT2D eigenvalue weighted by Crippen LogP contribution is 2.30. The Morgan fingerprint density at radius 3 is 2.67 bits per heavy atom. The molecule has 0 unspecified atom stereocenters. The number of anilines is 2. The third kappa shape index (κ3) is 5.96. The molecule has 170 valence electrons. The van der Waals surface area contributed by atoms with Gasteiger partial charge in [0.25, 0.3) is 0 Å². The summed E-state index contributed by atoms with van der Waals surface area (Å²) in [4.78, 5) is 16.7. The molecule has 4 aromatic rings. The Labute approximate surface area is 209 Å². The molecule has 0 aliphatic rings. The zero-order valence-electron chi connectivity index (χ0n) is 17.5. The maximum atomic E-state index is 12.0. The maximum absolute atomic E-state index is 12.0. The van der Waals surface area contributed by atoms with E-state index in [0.29, 0.717) is 34.5 Å². The monoisotopic (exact) mass is 546 g/mol. The van der Waals surface area contributed by atoms with Gasteiger partial charge in [0.1, 0.15) is 5.82 Å². The van der Waals surface area contributed by atoms with Crippen LogP contribution >= 0.6 is 39.1 Å². The van der Waals surface area contributed by atoms with E-state index < -0.39 is 0 Å². The van der Waals surface area contributed by atoms with Crippen LogP contribution in [0.1, 0.15) is 12.8 Å². The fourth-order valence-corrected chi connectivity index (χ4v) is 4.05. The first-order valence-corrected chi connectivity index (χ1v) is 11.9. The Kier molecular flexibility index (Phi) is 7.69. The highest BCUT2D eigenvalue weighted by atomic mass is 79.9. The quantitative estimate of drug-likeness (QED) is 0.220. The number of urea groups is 1. The molecule has 0 fully saturated rings. The zero-order valence-corrected chi connectivity index (χ0v) is 20.6. The lowest BCUT2D eigenvalue weighted by molar-refractivity contribution is 0.252. The van der Waals surface area contributed by atoms with Crippen molar-refractivity contribution in [2.75, 3.05) is 23.7 Å². The van der Waals surface area contributed by atoms with Crippen molar-refractivity contribution in [2.45, 2.75) is 12.8 Å². The van der Waals surface area contributed by atoms with Crippen molar-refractivity contribution in [3.8, 4) is 11.3 Å². The molecule has 2 aromatic heterocycles. The normalized spacial score (nSPS) is 10.9. The van der Waals surface area contributed by atoms with Crippen molar-refractivity contribution < 1.29 is 4.79 Å². The summed E-state index contributed by atoms with van der Waals surface area (Å²) in [7, 11) is 0. The van der Waals surface area contributed by atoms with Crippen molar-refractivity contribution >= 4 is 62.3 Å². The van der Waals surface area contributed by atoms with Gasteiger partial charge in [0.15, 0.2) is 5.65 Å². The van der Waals surface area contributed by atoms with Crippen LogP contribution in [0.2, 0.25) is 10.0 Å². The van der Waals surface area contributed by atoms with E-state index in [4.69, 9.17) is 28.2 Å². The van der Waals surface area contributed by atoms with E-state index in [-0.39, 0.29) is 6.03 Å². The number of hydrogen-bond acceptors (Lipinski definition) is 4. The van der Waals surface area contributed by atoms with Gasteiger partial charge in [-0.2, -0.15) is 9.61 Å². The first-order valence-electron chi connectivity index (χ1n) is 10.3. The van der Waals surface area contributed by atoms with Gasteiger partial charge in [-0.3, -0.25) is 0 Å². The number of nitrogens with one attached hydrogen (secondary N) is 3.